The van der Waals surface area contributed by atoms with Gasteiger partial charge < -0.3 is 18.9 Å². The van der Waals surface area contributed by atoms with Crippen LogP contribution in [0.3, 0.4) is 0 Å². The van der Waals surface area contributed by atoms with Gasteiger partial charge in [0, 0.05) is 25.7 Å². The molecule has 5 nitrogen and oxygen atoms in total. The van der Waals surface area contributed by atoms with Gasteiger partial charge in [-0.1, -0.05) is 0 Å². The van der Waals surface area contributed by atoms with Crippen LogP contribution in [0.5, 0.6) is 0 Å². The molecule has 0 aromatic carbocycles. The van der Waals surface area contributed by atoms with Crippen molar-refractivity contribution in [3.8, 4) is 0 Å². The predicted octanol–water partition coefficient (Wildman–Crippen LogP) is 2.55. The molecule has 1 N–H and O–H groups in total. The fourth-order valence-electron chi connectivity index (χ4n) is 2.63. The standard InChI is InChI=1S/C16H19NO4/c18-16(12-5-9-19-10-6-12)17-11-13(14-3-1-7-20-14)15-4-2-8-21-15/h1-4,7-8,12-13H,5-6,9-11H2,(H,17,18). The molecule has 0 aliphatic carbocycles. The second kappa shape index (κ2) is 6.63. The van der Waals surface area contributed by atoms with Crippen molar-refractivity contribution < 1.29 is 18.4 Å². The molecule has 1 fully saturated rings. The van der Waals surface area contributed by atoms with E-state index in [2.05, 4.69) is 5.32 Å². The molecule has 3 heterocycles. The summed E-state index contributed by atoms with van der Waals surface area (Å²) in [7, 11) is 0. The Bertz CT molecular complexity index is 507. The van der Waals surface area contributed by atoms with E-state index in [9.17, 15) is 4.79 Å². The van der Waals surface area contributed by atoms with Gasteiger partial charge in [0.25, 0.3) is 0 Å². The van der Waals surface area contributed by atoms with Gasteiger partial charge >= 0.3 is 0 Å². The predicted molar refractivity (Wildman–Crippen MR) is 75.8 cm³/mol. The smallest absolute Gasteiger partial charge is 0.223 e. The van der Waals surface area contributed by atoms with Crippen LogP contribution in [0, 0.1) is 5.92 Å². The van der Waals surface area contributed by atoms with Crippen LogP contribution in [0.15, 0.2) is 45.6 Å². The van der Waals surface area contributed by atoms with E-state index < -0.39 is 0 Å². The summed E-state index contributed by atoms with van der Waals surface area (Å²) in [5.74, 6) is 1.61. The van der Waals surface area contributed by atoms with Gasteiger partial charge in [-0.2, -0.15) is 0 Å². The minimum Gasteiger partial charge on any atom is -0.469 e. The first-order valence-corrected chi connectivity index (χ1v) is 7.27. The topological polar surface area (TPSA) is 64.6 Å². The molecular formula is C16H19NO4. The van der Waals surface area contributed by atoms with Gasteiger partial charge in [0.1, 0.15) is 11.5 Å². The van der Waals surface area contributed by atoms with Crippen LogP contribution in [0.1, 0.15) is 30.3 Å². The fourth-order valence-corrected chi connectivity index (χ4v) is 2.63. The number of hydrogen-bond acceptors (Lipinski definition) is 4. The number of ether oxygens (including phenoxy) is 1. The number of hydrogen-bond donors (Lipinski definition) is 1. The zero-order valence-corrected chi connectivity index (χ0v) is 11.8. The number of carbonyl (C=O) groups is 1. The van der Waals surface area contributed by atoms with Crippen LogP contribution in [-0.4, -0.2) is 25.7 Å². The summed E-state index contributed by atoms with van der Waals surface area (Å²) < 4.78 is 16.2. The highest BCUT2D eigenvalue weighted by molar-refractivity contribution is 5.78. The van der Waals surface area contributed by atoms with E-state index in [1.165, 1.54) is 0 Å². The van der Waals surface area contributed by atoms with Gasteiger partial charge in [-0.3, -0.25) is 4.79 Å². The average molecular weight is 289 g/mol. The first-order chi connectivity index (χ1) is 10.3. The lowest BCUT2D eigenvalue weighted by Gasteiger charge is -2.22. The summed E-state index contributed by atoms with van der Waals surface area (Å²) in [6.45, 7) is 1.80. The number of amides is 1. The van der Waals surface area contributed by atoms with E-state index in [1.807, 2.05) is 24.3 Å². The zero-order valence-electron chi connectivity index (χ0n) is 11.8. The van der Waals surface area contributed by atoms with Gasteiger partial charge in [-0.25, -0.2) is 0 Å². The van der Waals surface area contributed by atoms with E-state index >= 15 is 0 Å². The third-order valence-corrected chi connectivity index (χ3v) is 3.85. The fraction of sp³-hybridized carbons (Fsp3) is 0.438. The molecule has 21 heavy (non-hydrogen) atoms. The zero-order chi connectivity index (χ0) is 14.5. The summed E-state index contributed by atoms with van der Waals surface area (Å²) in [6, 6.07) is 7.47. The number of nitrogens with one attached hydrogen (secondary N) is 1. The Morgan fingerprint density at radius 1 is 1.14 bits per heavy atom. The summed E-state index contributed by atoms with van der Waals surface area (Å²) in [5.41, 5.74) is 0. The first-order valence-electron chi connectivity index (χ1n) is 7.27. The van der Waals surface area contributed by atoms with Crippen LogP contribution in [0.2, 0.25) is 0 Å². The monoisotopic (exact) mass is 289 g/mol. The van der Waals surface area contributed by atoms with Crippen molar-refractivity contribution in [3.05, 3.63) is 48.3 Å². The largest absolute Gasteiger partial charge is 0.469 e. The lowest BCUT2D eigenvalue weighted by atomic mass is 9.98. The normalized spacial score (nSPS) is 16.2. The van der Waals surface area contributed by atoms with Gasteiger partial charge in [0.2, 0.25) is 5.91 Å². The van der Waals surface area contributed by atoms with E-state index in [-0.39, 0.29) is 17.7 Å². The van der Waals surface area contributed by atoms with Gasteiger partial charge in [-0.15, -0.1) is 0 Å². The van der Waals surface area contributed by atoms with Gasteiger partial charge in [0.05, 0.1) is 18.4 Å². The summed E-state index contributed by atoms with van der Waals surface area (Å²) in [6.07, 6.45) is 4.84. The molecule has 112 valence electrons. The lowest BCUT2D eigenvalue weighted by molar-refractivity contribution is -0.127. The molecule has 0 bridgehead atoms. The van der Waals surface area contributed by atoms with Crippen LogP contribution in [0.25, 0.3) is 0 Å². The third-order valence-electron chi connectivity index (χ3n) is 3.85. The molecule has 0 atom stereocenters. The molecule has 0 saturated carbocycles. The van der Waals surface area contributed by atoms with Crippen molar-refractivity contribution in [1.82, 2.24) is 5.32 Å². The number of carbonyl (C=O) groups excluding carboxylic acids is 1. The van der Waals surface area contributed by atoms with Crippen molar-refractivity contribution in [2.75, 3.05) is 19.8 Å². The van der Waals surface area contributed by atoms with Crippen LogP contribution in [0.4, 0.5) is 0 Å². The van der Waals surface area contributed by atoms with Crippen LogP contribution < -0.4 is 5.32 Å². The highest BCUT2D eigenvalue weighted by atomic mass is 16.5. The van der Waals surface area contributed by atoms with E-state index in [1.54, 1.807) is 12.5 Å². The third kappa shape index (κ3) is 3.36. The molecule has 2 aromatic heterocycles. The molecule has 0 radical (unpaired) electrons. The molecule has 0 spiro atoms. The second-order valence-electron chi connectivity index (χ2n) is 5.22. The second-order valence-corrected chi connectivity index (χ2v) is 5.22. The molecule has 1 saturated heterocycles. The van der Waals surface area contributed by atoms with Crippen LogP contribution >= 0.6 is 0 Å². The summed E-state index contributed by atoms with van der Waals surface area (Å²) >= 11 is 0. The average Bonchev–Trinajstić information content (AvgIpc) is 3.22. The maximum Gasteiger partial charge on any atom is 0.223 e. The van der Waals surface area contributed by atoms with Crippen molar-refractivity contribution in [2.45, 2.75) is 18.8 Å². The quantitative estimate of drug-likeness (QED) is 0.918. The molecule has 5 heteroatoms. The Balaban J connectivity index is 1.64. The van der Waals surface area contributed by atoms with E-state index in [0.717, 1.165) is 24.4 Å². The van der Waals surface area contributed by atoms with Gasteiger partial charge in [-0.05, 0) is 37.1 Å². The lowest BCUT2D eigenvalue weighted by Crippen LogP contribution is -2.36. The van der Waals surface area contributed by atoms with E-state index in [0.29, 0.717) is 19.8 Å². The van der Waals surface area contributed by atoms with Gasteiger partial charge in [0.15, 0.2) is 0 Å². The molecule has 0 unspecified atom stereocenters. The Kier molecular flexibility index (Phi) is 4.40. The van der Waals surface area contributed by atoms with Crippen LogP contribution in [-0.2, 0) is 9.53 Å². The van der Waals surface area contributed by atoms with Crippen molar-refractivity contribution >= 4 is 5.91 Å². The minimum atomic E-state index is -0.0983. The molecule has 1 amide bonds. The Hall–Kier alpha value is -2.01. The Morgan fingerprint density at radius 2 is 1.76 bits per heavy atom. The SMILES string of the molecule is O=C(NCC(c1ccco1)c1ccco1)C1CCOCC1. The van der Waals surface area contributed by atoms with E-state index in [4.69, 9.17) is 13.6 Å². The summed E-state index contributed by atoms with van der Waals surface area (Å²) in [4.78, 5) is 12.2. The van der Waals surface area contributed by atoms with Crippen molar-refractivity contribution in [2.24, 2.45) is 5.92 Å². The highest BCUT2D eigenvalue weighted by Gasteiger charge is 2.25. The maximum atomic E-state index is 12.2. The summed E-state index contributed by atoms with van der Waals surface area (Å²) in [5, 5.41) is 3.01. The maximum absolute atomic E-state index is 12.2. The van der Waals surface area contributed by atoms with Crippen molar-refractivity contribution in [1.29, 1.82) is 0 Å². The number of rotatable bonds is 5. The Morgan fingerprint density at radius 3 is 2.29 bits per heavy atom. The molecular weight excluding hydrogens is 270 g/mol. The molecule has 3 rings (SSSR count). The molecule has 1 aliphatic rings. The highest BCUT2D eigenvalue weighted by Crippen LogP contribution is 2.25. The molecule has 1 aliphatic heterocycles. The number of furan rings is 2. The van der Waals surface area contributed by atoms with Crippen molar-refractivity contribution in [3.63, 3.8) is 0 Å². The molecule has 2 aromatic rings. The first kappa shape index (κ1) is 13.9. The Labute approximate surface area is 123 Å². The minimum absolute atomic E-state index is 0.0487.